The van der Waals surface area contributed by atoms with Crippen molar-refractivity contribution in [3.63, 3.8) is 0 Å². The van der Waals surface area contributed by atoms with Crippen LogP contribution in [-0.2, 0) is 11.3 Å². The summed E-state index contributed by atoms with van der Waals surface area (Å²) in [5.41, 5.74) is 4.37. The van der Waals surface area contributed by atoms with E-state index in [0.29, 0.717) is 11.7 Å². The lowest BCUT2D eigenvalue weighted by atomic mass is 10.1. The Morgan fingerprint density at radius 1 is 1.03 bits per heavy atom. The minimum Gasteiger partial charge on any atom is -0.467 e. The molecule has 4 rings (SSSR count). The van der Waals surface area contributed by atoms with Gasteiger partial charge in [-0.3, -0.25) is 9.36 Å². The highest BCUT2D eigenvalue weighted by atomic mass is 32.2. The molecule has 0 saturated heterocycles. The van der Waals surface area contributed by atoms with Gasteiger partial charge in [-0.2, -0.15) is 0 Å². The van der Waals surface area contributed by atoms with Crippen molar-refractivity contribution in [3.05, 3.63) is 83.8 Å². The Bertz CT molecular complexity index is 1170. The zero-order valence-electron chi connectivity index (χ0n) is 17.8. The molecule has 0 fully saturated rings. The van der Waals surface area contributed by atoms with Gasteiger partial charge in [0.1, 0.15) is 5.76 Å². The van der Waals surface area contributed by atoms with Crippen molar-refractivity contribution in [2.75, 3.05) is 12.8 Å². The second-order valence-electron chi connectivity index (χ2n) is 7.39. The number of aryl methyl sites for hydroxylation is 2. The number of carbonyl (C=O) groups is 1. The standard InChI is InChI=1S/C24H24N4O2S/c1-17-11-12-20(14-18(17)2)28-23(19-8-5-4-6-9-19)25-26-24(28)31-16-22(29)27(3)15-21-10-7-13-30-21/h4-14H,15-16H2,1-3H3. The molecule has 0 aliphatic carbocycles. The predicted octanol–water partition coefficient (Wildman–Crippen LogP) is 4.89. The maximum atomic E-state index is 12.7. The van der Waals surface area contributed by atoms with Crippen LogP contribution in [0.15, 0.2) is 76.5 Å². The molecule has 0 spiro atoms. The van der Waals surface area contributed by atoms with Gasteiger partial charge in [0, 0.05) is 12.6 Å². The molecule has 2 heterocycles. The molecule has 0 saturated carbocycles. The average molecular weight is 433 g/mol. The van der Waals surface area contributed by atoms with Crippen molar-refractivity contribution < 1.29 is 9.21 Å². The summed E-state index contributed by atoms with van der Waals surface area (Å²) >= 11 is 1.38. The molecular formula is C24H24N4O2S. The van der Waals surface area contributed by atoms with Crippen LogP contribution in [-0.4, -0.2) is 38.4 Å². The van der Waals surface area contributed by atoms with Crippen LogP contribution in [0.3, 0.4) is 0 Å². The zero-order chi connectivity index (χ0) is 21.8. The summed E-state index contributed by atoms with van der Waals surface area (Å²) in [4.78, 5) is 14.3. The third kappa shape index (κ3) is 4.72. The molecule has 0 aliphatic rings. The van der Waals surface area contributed by atoms with E-state index in [1.54, 1.807) is 18.2 Å². The summed E-state index contributed by atoms with van der Waals surface area (Å²) in [6.07, 6.45) is 1.61. The number of rotatable bonds is 7. The van der Waals surface area contributed by atoms with Crippen LogP contribution in [0.25, 0.3) is 17.1 Å². The van der Waals surface area contributed by atoms with Crippen molar-refractivity contribution >= 4 is 17.7 Å². The summed E-state index contributed by atoms with van der Waals surface area (Å²) < 4.78 is 7.36. The molecule has 4 aromatic rings. The Morgan fingerprint density at radius 2 is 1.84 bits per heavy atom. The molecule has 0 radical (unpaired) electrons. The van der Waals surface area contributed by atoms with Gasteiger partial charge in [0.2, 0.25) is 5.91 Å². The highest BCUT2D eigenvalue weighted by Crippen LogP contribution is 2.29. The molecule has 0 atom stereocenters. The topological polar surface area (TPSA) is 64.2 Å². The quantitative estimate of drug-likeness (QED) is 0.389. The van der Waals surface area contributed by atoms with E-state index in [-0.39, 0.29) is 11.7 Å². The lowest BCUT2D eigenvalue weighted by Gasteiger charge is -2.16. The first-order chi connectivity index (χ1) is 15.0. The summed E-state index contributed by atoms with van der Waals surface area (Å²) in [7, 11) is 1.77. The number of carbonyl (C=O) groups excluding carboxylic acids is 1. The van der Waals surface area contributed by atoms with Gasteiger partial charge in [-0.25, -0.2) is 0 Å². The number of furan rings is 1. The normalized spacial score (nSPS) is 10.9. The van der Waals surface area contributed by atoms with Crippen molar-refractivity contribution in [1.82, 2.24) is 19.7 Å². The van der Waals surface area contributed by atoms with Crippen LogP contribution >= 0.6 is 11.8 Å². The SMILES string of the molecule is Cc1ccc(-n2c(SCC(=O)N(C)Cc3ccco3)nnc2-c2ccccc2)cc1C. The van der Waals surface area contributed by atoms with Crippen LogP contribution in [0, 0.1) is 13.8 Å². The Labute approximate surface area is 185 Å². The number of thioether (sulfide) groups is 1. The van der Waals surface area contributed by atoms with Crippen LogP contribution in [0.5, 0.6) is 0 Å². The van der Waals surface area contributed by atoms with Crippen LogP contribution in [0.1, 0.15) is 16.9 Å². The van der Waals surface area contributed by atoms with Gasteiger partial charge in [0.25, 0.3) is 0 Å². The molecule has 7 heteroatoms. The Morgan fingerprint density at radius 3 is 2.55 bits per heavy atom. The van der Waals surface area contributed by atoms with Crippen molar-refractivity contribution in [3.8, 4) is 17.1 Å². The first-order valence-electron chi connectivity index (χ1n) is 10.0. The van der Waals surface area contributed by atoms with E-state index in [1.807, 2.05) is 47.0 Å². The lowest BCUT2D eigenvalue weighted by Crippen LogP contribution is -2.27. The number of benzene rings is 2. The fourth-order valence-electron chi connectivity index (χ4n) is 3.20. The van der Waals surface area contributed by atoms with Crippen LogP contribution in [0.4, 0.5) is 0 Å². The first-order valence-corrected chi connectivity index (χ1v) is 11.0. The third-order valence-electron chi connectivity index (χ3n) is 5.14. The average Bonchev–Trinajstić information content (AvgIpc) is 3.44. The highest BCUT2D eigenvalue weighted by molar-refractivity contribution is 7.99. The molecule has 0 bridgehead atoms. The van der Waals surface area contributed by atoms with Gasteiger partial charge in [-0.05, 0) is 49.2 Å². The summed E-state index contributed by atoms with van der Waals surface area (Å²) in [5.74, 6) is 1.76. The van der Waals surface area contributed by atoms with Gasteiger partial charge in [0.05, 0.1) is 24.2 Å². The predicted molar refractivity (Wildman–Crippen MR) is 122 cm³/mol. The molecule has 6 nitrogen and oxygen atoms in total. The molecular weight excluding hydrogens is 408 g/mol. The van der Waals surface area contributed by atoms with E-state index in [9.17, 15) is 4.79 Å². The van der Waals surface area contributed by atoms with Crippen molar-refractivity contribution in [2.24, 2.45) is 0 Å². The Balaban J connectivity index is 1.60. The van der Waals surface area contributed by atoms with E-state index >= 15 is 0 Å². The summed E-state index contributed by atoms with van der Waals surface area (Å²) in [5, 5.41) is 9.55. The second kappa shape index (κ2) is 9.22. The summed E-state index contributed by atoms with van der Waals surface area (Å²) in [6.45, 7) is 4.61. The van der Waals surface area contributed by atoms with Crippen LogP contribution < -0.4 is 0 Å². The van der Waals surface area contributed by atoms with E-state index in [4.69, 9.17) is 4.42 Å². The van der Waals surface area contributed by atoms with Crippen LogP contribution in [0.2, 0.25) is 0 Å². The number of amides is 1. The largest absolute Gasteiger partial charge is 0.467 e. The highest BCUT2D eigenvalue weighted by Gasteiger charge is 2.19. The smallest absolute Gasteiger partial charge is 0.233 e. The van der Waals surface area contributed by atoms with E-state index in [2.05, 4.69) is 42.2 Å². The molecule has 0 unspecified atom stereocenters. The van der Waals surface area contributed by atoms with Gasteiger partial charge in [-0.15, -0.1) is 10.2 Å². The van der Waals surface area contributed by atoms with Crippen molar-refractivity contribution in [1.29, 1.82) is 0 Å². The Hall–Kier alpha value is -3.32. The fourth-order valence-corrected chi connectivity index (χ4v) is 4.09. The van der Waals surface area contributed by atoms with E-state index in [0.717, 1.165) is 22.8 Å². The minimum atomic E-state index is -0.00250. The van der Waals surface area contributed by atoms with Gasteiger partial charge in [-0.1, -0.05) is 48.2 Å². The molecule has 1 amide bonds. The molecule has 31 heavy (non-hydrogen) atoms. The minimum absolute atomic E-state index is 0.00250. The number of nitrogens with zero attached hydrogens (tertiary/aromatic N) is 4. The third-order valence-corrected chi connectivity index (χ3v) is 6.05. The van der Waals surface area contributed by atoms with Gasteiger partial charge >= 0.3 is 0 Å². The number of hydrogen-bond donors (Lipinski definition) is 0. The number of aromatic nitrogens is 3. The fraction of sp³-hybridized carbons (Fsp3) is 0.208. The molecule has 158 valence electrons. The monoisotopic (exact) mass is 432 g/mol. The van der Waals surface area contributed by atoms with Gasteiger partial charge in [0.15, 0.2) is 11.0 Å². The summed E-state index contributed by atoms with van der Waals surface area (Å²) in [6, 6.07) is 19.9. The van der Waals surface area contributed by atoms with Crippen molar-refractivity contribution in [2.45, 2.75) is 25.5 Å². The second-order valence-corrected chi connectivity index (χ2v) is 8.34. The molecule has 2 aromatic carbocycles. The first kappa shape index (κ1) is 20.9. The van der Waals surface area contributed by atoms with E-state index in [1.165, 1.54) is 22.9 Å². The van der Waals surface area contributed by atoms with Gasteiger partial charge < -0.3 is 9.32 Å². The molecule has 0 N–H and O–H groups in total. The maximum Gasteiger partial charge on any atom is 0.233 e. The maximum absolute atomic E-state index is 12.7. The van der Waals surface area contributed by atoms with E-state index < -0.39 is 0 Å². The molecule has 2 aromatic heterocycles. The Kier molecular flexibility index (Phi) is 6.23. The number of hydrogen-bond acceptors (Lipinski definition) is 5. The molecule has 0 aliphatic heterocycles. The lowest BCUT2D eigenvalue weighted by molar-refractivity contribution is -0.127. The zero-order valence-corrected chi connectivity index (χ0v) is 18.6.